The van der Waals surface area contributed by atoms with Crippen molar-refractivity contribution in [3.63, 3.8) is 0 Å². The van der Waals surface area contributed by atoms with Crippen molar-refractivity contribution in [2.24, 2.45) is 0 Å². The molecular weight excluding hydrogens is 341 g/mol. The van der Waals surface area contributed by atoms with Crippen molar-refractivity contribution in [3.8, 4) is 0 Å². The Labute approximate surface area is 133 Å². The van der Waals surface area contributed by atoms with Gasteiger partial charge in [-0.25, -0.2) is 18.4 Å². The third-order valence-corrected chi connectivity index (χ3v) is 2.73. The van der Waals surface area contributed by atoms with Crippen molar-refractivity contribution in [1.29, 1.82) is 0 Å². The molecule has 0 aromatic heterocycles. The summed E-state index contributed by atoms with van der Waals surface area (Å²) in [5.41, 5.74) is -6.66. The second kappa shape index (κ2) is 6.25. The topological polar surface area (TPSA) is 75.6 Å². The molecule has 0 heterocycles. The van der Waals surface area contributed by atoms with Gasteiger partial charge < -0.3 is 9.84 Å². The third-order valence-electron chi connectivity index (χ3n) is 2.73. The summed E-state index contributed by atoms with van der Waals surface area (Å²) < 4.78 is 71.6. The number of rotatable bonds is 3. The monoisotopic (exact) mass is 355 g/mol. The Morgan fingerprint density at radius 3 is 1.83 bits per heavy atom. The minimum Gasteiger partial charge on any atom is -0.479 e. The van der Waals surface area contributed by atoms with Gasteiger partial charge in [0.05, 0.1) is 0 Å². The number of hydrogen-bond donors (Lipinski definition) is 2. The molecule has 0 aliphatic heterocycles. The van der Waals surface area contributed by atoms with Crippen LogP contribution in [0.2, 0.25) is 0 Å². The highest BCUT2D eigenvalue weighted by atomic mass is 19.4. The van der Waals surface area contributed by atoms with Gasteiger partial charge in [0.15, 0.2) is 0 Å². The number of benzene rings is 1. The normalized spacial score (nSPS) is 14.7. The van der Waals surface area contributed by atoms with Gasteiger partial charge >= 0.3 is 18.2 Å². The average Bonchev–Trinajstić information content (AvgIpc) is 2.30. The highest BCUT2D eigenvalue weighted by Crippen LogP contribution is 2.40. The van der Waals surface area contributed by atoms with Crippen molar-refractivity contribution in [2.75, 3.05) is 0 Å². The standard InChI is InChI=1S/C14H14F5NO4/c1-12(2,3)24-11(23)20-13(10(21)22,14(17,18)19)7-4-8(15)6-9(16)5-7/h4-6H,1-3H3,(H,20,23)(H,21,22). The molecule has 5 nitrogen and oxygen atoms in total. The number of aliphatic carboxylic acids is 1. The van der Waals surface area contributed by atoms with E-state index in [1.807, 2.05) is 0 Å². The fourth-order valence-corrected chi connectivity index (χ4v) is 1.83. The largest absolute Gasteiger partial charge is 0.479 e. The van der Waals surface area contributed by atoms with E-state index in [0.717, 1.165) is 0 Å². The number of ether oxygens (including phenoxy) is 1. The lowest BCUT2D eigenvalue weighted by molar-refractivity contribution is -0.212. The fourth-order valence-electron chi connectivity index (χ4n) is 1.83. The molecule has 134 valence electrons. The molecule has 10 heteroatoms. The number of alkyl halides is 3. The molecule has 0 saturated carbocycles. The molecule has 1 aromatic carbocycles. The third kappa shape index (κ3) is 4.12. The van der Waals surface area contributed by atoms with Crippen LogP contribution >= 0.6 is 0 Å². The molecule has 0 aliphatic rings. The molecule has 0 spiro atoms. The highest BCUT2D eigenvalue weighted by Gasteiger charge is 2.64. The van der Waals surface area contributed by atoms with Crippen molar-refractivity contribution in [2.45, 2.75) is 38.1 Å². The van der Waals surface area contributed by atoms with Crippen LogP contribution in [0.4, 0.5) is 26.7 Å². The number of nitrogens with one attached hydrogen (secondary N) is 1. The predicted octanol–water partition coefficient (Wildman–Crippen LogP) is 3.33. The maximum absolute atomic E-state index is 13.5. The number of carbonyl (C=O) groups excluding carboxylic acids is 1. The van der Waals surface area contributed by atoms with Crippen LogP contribution in [-0.4, -0.2) is 28.9 Å². The van der Waals surface area contributed by atoms with E-state index >= 15 is 0 Å². The van der Waals surface area contributed by atoms with Crippen molar-refractivity contribution >= 4 is 12.1 Å². The minimum atomic E-state index is -5.62. The van der Waals surface area contributed by atoms with E-state index in [1.54, 1.807) is 0 Å². The first-order chi connectivity index (χ1) is 10.7. The SMILES string of the molecule is CC(C)(C)OC(=O)NC(C(=O)O)(c1cc(F)cc(F)c1)C(F)(F)F. The molecule has 24 heavy (non-hydrogen) atoms. The lowest BCUT2D eigenvalue weighted by atomic mass is 9.89. The molecule has 1 aromatic rings. The van der Waals surface area contributed by atoms with E-state index in [9.17, 15) is 31.5 Å². The number of carbonyl (C=O) groups is 2. The van der Waals surface area contributed by atoms with Crippen LogP contribution < -0.4 is 5.32 Å². The summed E-state index contributed by atoms with van der Waals surface area (Å²) in [5.74, 6) is -5.46. The van der Waals surface area contributed by atoms with Crippen LogP contribution in [-0.2, 0) is 15.1 Å². The Hall–Kier alpha value is -2.39. The van der Waals surface area contributed by atoms with E-state index in [4.69, 9.17) is 5.11 Å². The Kier molecular flexibility index (Phi) is 5.12. The smallest absolute Gasteiger partial charge is 0.426 e. The van der Waals surface area contributed by atoms with Gasteiger partial charge in [-0.05, 0) is 32.9 Å². The number of hydrogen-bond acceptors (Lipinski definition) is 3. The van der Waals surface area contributed by atoms with Gasteiger partial charge in [0.25, 0.3) is 5.54 Å². The van der Waals surface area contributed by atoms with Gasteiger partial charge in [-0.3, -0.25) is 5.32 Å². The molecule has 2 N–H and O–H groups in total. The van der Waals surface area contributed by atoms with Gasteiger partial charge in [-0.2, -0.15) is 13.2 Å². The highest BCUT2D eigenvalue weighted by molar-refractivity contribution is 5.87. The first kappa shape index (κ1) is 19.7. The zero-order valence-corrected chi connectivity index (χ0v) is 12.8. The van der Waals surface area contributed by atoms with Crippen LogP contribution in [0.25, 0.3) is 0 Å². The average molecular weight is 355 g/mol. The Morgan fingerprint density at radius 2 is 1.50 bits per heavy atom. The van der Waals surface area contributed by atoms with Gasteiger partial charge in [0.1, 0.15) is 17.2 Å². The Bertz CT molecular complexity index is 633. The number of amides is 1. The second-order valence-electron chi connectivity index (χ2n) is 5.84. The summed E-state index contributed by atoms with van der Waals surface area (Å²) in [7, 11) is 0. The first-order valence-electron chi connectivity index (χ1n) is 6.47. The van der Waals surface area contributed by atoms with E-state index < -0.39 is 46.6 Å². The fraction of sp³-hybridized carbons (Fsp3) is 0.429. The zero-order chi connectivity index (χ0) is 18.9. The molecule has 0 bridgehead atoms. The molecule has 0 saturated heterocycles. The second-order valence-corrected chi connectivity index (χ2v) is 5.84. The zero-order valence-electron chi connectivity index (χ0n) is 12.8. The van der Waals surface area contributed by atoms with Crippen LogP contribution in [0.15, 0.2) is 18.2 Å². The molecule has 1 unspecified atom stereocenters. The number of carboxylic acid groups (broad SMARTS) is 1. The maximum Gasteiger partial charge on any atom is 0.426 e. The molecule has 1 atom stereocenters. The van der Waals surface area contributed by atoms with Gasteiger partial charge in [0.2, 0.25) is 0 Å². The van der Waals surface area contributed by atoms with Crippen LogP contribution in [0, 0.1) is 11.6 Å². The molecular formula is C14H14F5NO4. The summed E-state index contributed by atoms with van der Waals surface area (Å²) in [4.78, 5) is 23.0. The van der Waals surface area contributed by atoms with E-state index in [-0.39, 0.29) is 18.2 Å². The van der Waals surface area contributed by atoms with Crippen LogP contribution in [0.1, 0.15) is 26.3 Å². The quantitative estimate of drug-likeness (QED) is 0.816. The summed E-state index contributed by atoms with van der Waals surface area (Å²) >= 11 is 0. The van der Waals surface area contributed by atoms with Crippen LogP contribution in [0.5, 0.6) is 0 Å². The minimum absolute atomic E-state index is 0.169. The van der Waals surface area contributed by atoms with Crippen LogP contribution in [0.3, 0.4) is 0 Å². The Balaban J connectivity index is 3.52. The lowest BCUT2D eigenvalue weighted by Crippen LogP contribution is -2.61. The molecule has 0 aliphatic carbocycles. The summed E-state index contributed by atoms with van der Waals surface area (Å²) in [6.07, 6.45) is -7.33. The van der Waals surface area contributed by atoms with Crippen molar-refractivity contribution in [3.05, 3.63) is 35.4 Å². The summed E-state index contributed by atoms with van der Waals surface area (Å²) in [6.45, 7) is 4.01. The molecule has 0 radical (unpaired) electrons. The van der Waals surface area contributed by atoms with Crippen molar-refractivity contribution < 1.29 is 41.4 Å². The first-order valence-corrected chi connectivity index (χ1v) is 6.47. The summed E-state index contributed by atoms with van der Waals surface area (Å²) in [6, 6.07) is 0.601. The van der Waals surface area contributed by atoms with Crippen molar-refractivity contribution in [1.82, 2.24) is 5.32 Å². The van der Waals surface area contributed by atoms with E-state index in [0.29, 0.717) is 0 Å². The molecule has 0 fully saturated rings. The predicted molar refractivity (Wildman–Crippen MR) is 71.1 cm³/mol. The number of halogens is 5. The van der Waals surface area contributed by atoms with E-state index in [1.165, 1.54) is 26.1 Å². The van der Waals surface area contributed by atoms with E-state index in [2.05, 4.69) is 4.74 Å². The number of alkyl carbamates (subject to hydrolysis) is 1. The van der Waals surface area contributed by atoms with Gasteiger partial charge in [0, 0.05) is 11.6 Å². The van der Waals surface area contributed by atoms with Gasteiger partial charge in [-0.15, -0.1) is 0 Å². The van der Waals surface area contributed by atoms with Gasteiger partial charge in [-0.1, -0.05) is 0 Å². The number of carboxylic acids is 1. The Morgan fingerprint density at radius 1 is 1.04 bits per heavy atom. The summed E-state index contributed by atoms with van der Waals surface area (Å²) in [5, 5.41) is 10.3. The maximum atomic E-state index is 13.5. The lowest BCUT2D eigenvalue weighted by Gasteiger charge is -2.33. The molecule has 1 amide bonds. The molecule has 1 rings (SSSR count).